The number of likely N-dealkylation sites (tertiary alicyclic amines) is 1. The number of benzene rings is 2. The number of nitrogens with zero attached hydrogens (tertiary/aromatic N) is 1. The quantitative estimate of drug-likeness (QED) is 0.543. The zero-order chi connectivity index (χ0) is 24.9. The molecule has 3 aromatic rings. The van der Waals surface area contributed by atoms with Crippen LogP contribution >= 0.6 is 0 Å². The summed E-state index contributed by atoms with van der Waals surface area (Å²) in [5.74, 6) is -0.167. The monoisotopic (exact) mass is 475 g/mol. The van der Waals surface area contributed by atoms with Crippen molar-refractivity contribution in [1.29, 1.82) is 0 Å². The Kier molecular flexibility index (Phi) is 7.54. The molecule has 2 N–H and O–H groups in total. The van der Waals surface area contributed by atoms with Crippen molar-refractivity contribution < 1.29 is 18.8 Å². The van der Waals surface area contributed by atoms with E-state index in [-0.39, 0.29) is 36.1 Å². The number of hydrogen-bond donors (Lipinski definition) is 2. The summed E-state index contributed by atoms with van der Waals surface area (Å²) in [6.45, 7) is 6.78. The molecular formula is C28H33N3O4. The topological polar surface area (TPSA) is 91.7 Å². The summed E-state index contributed by atoms with van der Waals surface area (Å²) in [5.41, 5.74) is 1.72. The molecule has 1 atom stereocenters. The molecule has 3 amide bonds. The van der Waals surface area contributed by atoms with Gasteiger partial charge in [-0.05, 0) is 48.1 Å². The highest BCUT2D eigenvalue weighted by Gasteiger charge is 2.32. The summed E-state index contributed by atoms with van der Waals surface area (Å²) >= 11 is 0. The fraction of sp³-hybridized carbons (Fsp3) is 0.393. The number of hydrogen-bond acceptors (Lipinski definition) is 4. The van der Waals surface area contributed by atoms with Crippen LogP contribution < -0.4 is 10.6 Å². The smallest absolute Gasteiger partial charge is 0.287 e. The fourth-order valence-corrected chi connectivity index (χ4v) is 4.57. The predicted molar refractivity (Wildman–Crippen MR) is 135 cm³/mol. The summed E-state index contributed by atoms with van der Waals surface area (Å²) in [4.78, 5) is 40.3. The summed E-state index contributed by atoms with van der Waals surface area (Å²) in [6.07, 6.45) is 3.05. The maximum Gasteiger partial charge on any atom is 0.287 e. The molecule has 7 nitrogen and oxygen atoms in total. The van der Waals surface area contributed by atoms with Gasteiger partial charge in [-0.1, -0.05) is 56.3 Å². The van der Waals surface area contributed by atoms with Gasteiger partial charge in [0.05, 0.1) is 12.7 Å². The molecule has 0 spiro atoms. The maximum atomic E-state index is 13.3. The van der Waals surface area contributed by atoms with Gasteiger partial charge in [-0.15, -0.1) is 0 Å². The zero-order valence-corrected chi connectivity index (χ0v) is 20.5. The molecule has 2 heterocycles. The molecule has 0 radical (unpaired) electrons. The van der Waals surface area contributed by atoms with E-state index in [2.05, 4.69) is 10.6 Å². The Labute approximate surface area is 205 Å². The van der Waals surface area contributed by atoms with Gasteiger partial charge in [0, 0.05) is 24.7 Å². The standard InChI is InChI=1S/C28H33N3O4/c1-18(2)25(30-24(32)17-20-8-9-21-6-4-5-7-22(21)16-20)28(34)31-13-10-23(11-14-31)29-27(33)26-19(3)12-15-35-26/h4-9,12,15-16,18,23,25H,10-11,13-14,17H2,1-3H3,(H,29,33)(H,30,32). The Morgan fingerprint density at radius 1 is 1.03 bits per heavy atom. The average Bonchev–Trinajstić information content (AvgIpc) is 3.28. The van der Waals surface area contributed by atoms with Gasteiger partial charge in [0.2, 0.25) is 11.8 Å². The van der Waals surface area contributed by atoms with Crippen molar-refractivity contribution in [2.75, 3.05) is 13.1 Å². The third-order valence-corrected chi connectivity index (χ3v) is 6.64. The van der Waals surface area contributed by atoms with Gasteiger partial charge in [0.15, 0.2) is 5.76 Å². The van der Waals surface area contributed by atoms with Crippen LogP contribution in [0.1, 0.15) is 48.4 Å². The van der Waals surface area contributed by atoms with Gasteiger partial charge in [-0.2, -0.15) is 0 Å². The van der Waals surface area contributed by atoms with Crippen molar-refractivity contribution in [3.05, 3.63) is 71.7 Å². The molecule has 4 rings (SSSR count). The van der Waals surface area contributed by atoms with Gasteiger partial charge in [0.1, 0.15) is 6.04 Å². The maximum absolute atomic E-state index is 13.3. The highest BCUT2D eigenvalue weighted by molar-refractivity contribution is 5.93. The van der Waals surface area contributed by atoms with E-state index in [0.717, 1.165) is 21.9 Å². The molecule has 1 aliphatic heterocycles. The predicted octanol–water partition coefficient (Wildman–Crippen LogP) is 3.85. The Bertz CT molecular complexity index is 1210. The van der Waals surface area contributed by atoms with Crippen LogP contribution in [0.3, 0.4) is 0 Å². The van der Waals surface area contributed by atoms with Gasteiger partial charge >= 0.3 is 0 Å². The van der Waals surface area contributed by atoms with E-state index in [1.807, 2.05) is 63.2 Å². The lowest BCUT2D eigenvalue weighted by molar-refractivity contribution is -0.138. The SMILES string of the molecule is Cc1ccoc1C(=O)NC1CCN(C(=O)C(NC(=O)Cc2ccc3ccccc3c2)C(C)C)CC1. The number of furan rings is 1. The molecule has 0 aliphatic carbocycles. The number of carbonyl (C=O) groups excluding carboxylic acids is 3. The Morgan fingerprint density at radius 3 is 2.40 bits per heavy atom. The van der Waals surface area contributed by atoms with E-state index in [1.165, 1.54) is 6.26 Å². The van der Waals surface area contributed by atoms with Crippen LogP contribution in [-0.2, 0) is 16.0 Å². The van der Waals surface area contributed by atoms with E-state index >= 15 is 0 Å². The normalized spacial score (nSPS) is 15.3. The lowest BCUT2D eigenvalue weighted by atomic mass is 9.98. The minimum absolute atomic E-state index is 0.0176. The molecule has 0 bridgehead atoms. The van der Waals surface area contributed by atoms with Crippen molar-refractivity contribution in [3.8, 4) is 0 Å². The minimum Gasteiger partial charge on any atom is -0.459 e. The van der Waals surface area contributed by atoms with Gasteiger partial charge in [-0.25, -0.2) is 0 Å². The van der Waals surface area contributed by atoms with E-state index < -0.39 is 6.04 Å². The molecule has 1 saturated heterocycles. The molecule has 1 aliphatic rings. The van der Waals surface area contributed by atoms with E-state index in [1.54, 1.807) is 11.0 Å². The first-order valence-corrected chi connectivity index (χ1v) is 12.2. The molecule has 2 aromatic carbocycles. The van der Waals surface area contributed by atoms with Crippen LogP contribution in [0.15, 0.2) is 59.2 Å². The Balaban J connectivity index is 1.31. The first-order chi connectivity index (χ1) is 16.8. The van der Waals surface area contributed by atoms with Crippen LogP contribution in [0, 0.1) is 12.8 Å². The van der Waals surface area contributed by atoms with Crippen LogP contribution in [0.4, 0.5) is 0 Å². The largest absolute Gasteiger partial charge is 0.459 e. The second-order valence-electron chi connectivity index (χ2n) is 9.65. The highest BCUT2D eigenvalue weighted by Crippen LogP contribution is 2.18. The number of fused-ring (bicyclic) bond motifs is 1. The minimum atomic E-state index is -0.583. The van der Waals surface area contributed by atoms with Gasteiger partial charge < -0.3 is 20.0 Å². The molecule has 184 valence electrons. The number of aryl methyl sites for hydroxylation is 1. The number of rotatable bonds is 7. The molecular weight excluding hydrogens is 442 g/mol. The van der Waals surface area contributed by atoms with Gasteiger partial charge in [0.25, 0.3) is 5.91 Å². The zero-order valence-electron chi connectivity index (χ0n) is 20.5. The molecule has 1 aromatic heterocycles. The number of nitrogens with one attached hydrogen (secondary N) is 2. The summed E-state index contributed by atoms with van der Waals surface area (Å²) in [7, 11) is 0. The summed E-state index contributed by atoms with van der Waals surface area (Å²) in [5, 5.41) is 8.19. The van der Waals surface area contributed by atoms with Crippen molar-refractivity contribution >= 4 is 28.5 Å². The second kappa shape index (κ2) is 10.8. The Morgan fingerprint density at radius 2 is 1.74 bits per heavy atom. The fourth-order valence-electron chi connectivity index (χ4n) is 4.57. The molecule has 7 heteroatoms. The van der Waals surface area contributed by atoms with Gasteiger partial charge in [-0.3, -0.25) is 14.4 Å². The molecule has 1 fully saturated rings. The summed E-state index contributed by atoms with van der Waals surface area (Å²) in [6, 6.07) is 15.2. The number of carbonyl (C=O) groups is 3. The van der Waals surface area contributed by atoms with Crippen molar-refractivity contribution in [2.24, 2.45) is 5.92 Å². The van der Waals surface area contributed by atoms with Crippen molar-refractivity contribution in [1.82, 2.24) is 15.5 Å². The lowest BCUT2D eigenvalue weighted by Crippen LogP contribution is -2.55. The van der Waals surface area contributed by atoms with E-state index in [0.29, 0.717) is 31.7 Å². The van der Waals surface area contributed by atoms with Crippen LogP contribution in [-0.4, -0.2) is 47.8 Å². The highest BCUT2D eigenvalue weighted by atomic mass is 16.3. The molecule has 35 heavy (non-hydrogen) atoms. The van der Waals surface area contributed by atoms with Crippen LogP contribution in [0.5, 0.6) is 0 Å². The van der Waals surface area contributed by atoms with E-state index in [4.69, 9.17) is 4.42 Å². The third kappa shape index (κ3) is 5.91. The third-order valence-electron chi connectivity index (χ3n) is 6.64. The first kappa shape index (κ1) is 24.5. The van der Waals surface area contributed by atoms with Crippen molar-refractivity contribution in [3.63, 3.8) is 0 Å². The van der Waals surface area contributed by atoms with E-state index in [9.17, 15) is 14.4 Å². The van der Waals surface area contributed by atoms with Crippen LogP contribution in [0.2, 0.25) is 0 Å². The number of piperidine rings is 1. The second-order valence-corrected chi connectivity index (χ2v) is 9.65. The summed E-state index contributed by atoms with van der Waals surface area (Å²) < 4.78 is 5.27. The molecule has 0 saturated carbocycles. The average molecular weight is 476 g/mol. The Hall–Kier alpha value is -3.61. The first-order valence-electron chi connectivity index (χ1n) is 12.2. The molecule has 1 unspecified atom stereocenters. The van der Waals surface area contributed by atoms with Crippen molar-refractivity contribution in [2.45, 2.75) is 52.1 Å². The number of amides is 3. The lowest BCUT2D eigenvalue weighted by Gasteiger charge is -2.35. The van der Waals surface area contributed by atoms with Crippen LogP contribution in [0.25, 0.3) is 10.8 Å².